The Kier molecular flexibility index (Phi) is 10.2. The number of aldehydes is 1. The van der Waals surface area contributed by atoms with Crippen LogP contribution in [0.2, 0.25) is 0 Å². The number of pyridine rings is 1. The second kappa shape index (κ2) is 13.1. The smallest absolute Gasteiger partial charge is 0.147 e. The standard InChI is InChI=1S/C25H34FN3O3.CH4O/c1-32-20-7-8-23-21(13-20)25(22(26)14-27-23)24(31)9-10-29-12-11-28(16-19(29)17-30)15-18-5-3-2-4-6-18;1-2/h7-8,13-14,17-19,24,31H,2-6,9-12,15-16H2,1H3;2H,1H3. The van der Waals surface area contributed by atoms with Crippen molar-refractivity contribution >= 4 is 17.2 Å². The van der Waals surface area contributed by atoms with Gasteiger partial charge in [-0.25, -0.2) is 4.39 Å². The third kappa shape index (κ3) is 6.50. The Bertz CT molecular complexity index is 922. The fourth-order valence-electron chi connectivity index (χ4n) is 5.28. The van der Waals surface area contributed by atoms with Crippen LogP contribution in [0.15, 0.2) is 24.4 Å². The fourth-order valence-corrected chi connectivity index (χ4v) is 5.28. The summed E-state index contributed by atoms with van der Waals surface area (Å²) in [5.41, 5.74) is 0.857. The van der Waals surface area contributed by atoms with Crippen molar-refractivity contribution in [2.24, 2.45) is 5.92 Å². The monoisotopic (exact) mass is 475 g/mol. The predicted octanol–water partition coefficient (Wildman–Crippen LogP) is 3.18. The van der Waals surface area contributed by atoms with E-state index in [1.165, 1.54) is 32.1 Å². The van der Waals surface area contributed by atoms with E-state index >= 15 is 0 Å². The molecule has 1 saturated heterocycles. The highest BCUT2D eigenvalue weighted by molar-refractivity contribution is 5.84. The molecule has 0 spiro atoms. The van der Waals surface area contributed by atoms with E-state index in [1.807, 2.05) is 0 Å². The van der Waals surface area contributed by atoms with E-state index in [1.54, 1.807) is 25.3 Å². The third-order valence-electron chi connectivity index (χ3n) is 7.11. The number of piperazine rings is 1. The average molecular weight is 476 g/mol. The van der Waals surface area contributed by atoms with Gasteiger partial charge < -0.3 is 19.7 Å². The van der Waals surface area contributed by atoms with E-state index in [2.05, 4.69) is 14.8 Å². The fraction of sp³-hybridized carbons (Fsp3) is 0.615. The van der Waals surface area contributed by atoms with Crippen molar-refractivity contribution < 1.29 is 24.1 Å². The summed E-state index contributed by atoms with van der Waals surface area (Å²) in [5, 5.41) is 18.4. The van der Waals surface area contributed by atoms with Crippen molar-refractivity contribution in [3.8, 4) is 5.75 Å². The van der Waals surface area contributed by atoms with E-state index < -0.39 is 11.9 Å². The lowest BCUT2D eigenvalue weighted by Gasteiger charge is -2.41. The van der Waals surface area contributed by atoms with Gasteiger partial charge in [-0.2, -0.15) is 0 Å². The van der Waals surface area contributed by atoms with Crippen molar-refractivity contribution in [1.82, 2.24) is 14.8 Å². The predicted molar refractivity (Wildman–Crippen MR) is 130 cm³/mol. The number of fused-ring (bicyclic) bond motifs is 1. The lowest BCUT2D eigenvalue weighted by atomic mass is 9.88. The van der Waals surface area contributed by atoms with Gasteiger partial charge in [-0.3, -0.25) is 14.8 Å². The first-order valence-electron chi connectivity index (χ1n) is 12.3. The van der Waals surface area contributed by atoms with Crippen LogP contribution in [0.1, 0.15) is 50.2 Å². The van der Waals surface area contributed by atoms with Crippen LogP contribution in [0.5, 0.6) is 5.75 Å². The highest BCUT2D eigenvalue weighted by Gasteiger charge is 2.29. The summed E-state index contributed by atoms with van der Waals surface area (Å²) in [6.45, 7) is 4.07. The van der Waals surface area contributed by atoms with E-state index in [0.29, 0.717) is 29.6 Å². The number of hydrogen-bond donors (Lipinski definition) is 2. The summed E-state index contributed by atoms with van der Waals surface area (Å²) >= 11 is 0. The molecule has 1 aliphatic heterocycles. The summed E-state index contributed by atoms with van der Waals surface area (Å²) in [6, 6.07) is 5.06. The van der Waals surface area contributed by atoms with Gasteiger partial charge >= 0.3 is 0 Å². The molecule has 2 aliphatic rings. The normalized spacial score (nSPS) is 21.0. The van der Waals surface area contributed by atoms with E-state index in [4.69, 9.17) is 9.84 Å². The molecule has 0 radical (unpaired) electrons. The number of hydrogen-bond acceptors (Lipinski definition) is 7. The lowest BCUT2D eigenvalue weighted by Crippen LogP contribution is -2.55. The molecule has 2 aromatic rings. The quantitative estimate of drug-likeness (QED) is 0.567. The Morgan fingerprint density at radius 3 is 2.71 bits per heavy atom. The summed E-state index contributed by atoms with van der Waals surface area (Å²) in [7, 11) is 2.55. The number of benzene rings is 1. The molecule has 2 fully saturated rings. The SMILES string of the molecule is CO.COc1ccc2ncc(F)c(C(O)CCN3CCN(CC4CCCCC4)CC3C=O)c2c1. The number of aliphatic hydroxyl groups excluding tert-OH is 2. The molecule has 1 aromatic carbocycles. The summed E-state index contributed by atoms with van der Waals surface area (Å²) < 4.78 is 19.9. The molecule has 0 bridgehead atoms. The highest BCUT2D eigenvalue weighted by Crippen LogP contribution is 2.31. The number of carbonyl (C=O) groups excluding carboxylic acids is 1. The molecule has 34 heavy (non-hydrogen) atoms. The lowest BCUT2D eigenvalue weighted by molar-refractivity contribution is -0.115. The van der Waals surface area contributed by atoms with Crippen LogP contribution in [-0.2, 0) is 4.79 Å². The molecule has 2 N–H and O–H groups in total. The largest absolute Gasteiger partial charge is 0.497 e. The maximum Gasteiger partial charge on any atom is 0.147 e. The first-order chi connectivity index (χ1) is 16.6. The van der Waals surface area contributed by atoms with Gasteiger partial charge in [0.25, 0.3) is 0 Å². The minimum atomic E-state index is -0.986. The zero-order valence-electron chi connectivity index (χ0n) is 20.3. The molecule has 0 amide bonds. The highest BCUT2D eigenvalue weighted by atomic mass is 19.1. The molecule has 4 rings (SSSR count). The first-order valence-corrected chi connectivity index (χ1v) is 12.3. The minimum Gasteiger partial charge on any atom is -0.497 e. The van der Waals surface area contributed by atoms with Gasteiger partial charge in [0.2, 0.25) is 0 Å². The van der Waals surface area contributed by atoms with Gasteiger partial charge in [-0.1, -0.05) is 19.3 Å². The molecule has 2 unspecified atom stereocenters. The van der Waals surface area contributed by atoms with Crippen molar-refractivity contribution in [1.29, 1.82) is 0 Å². The maximum atomic E-state index is 14.6. The Balaban J connectivity index is 0.00000158. The van der Waals surface area contributed by atoms with Gasteiger partial charge in [0.05, 0.1) is 31.0 Å². The summed E-state index contributed by atoms with van der Waals surface area (Å²) in [6.07, 6.45) is 8.14. The molecule has 188 valence electrons. The Labute approximate surface area is 201 Å². The molecule has 1 saturated carbocycles. The number of ether oxygens (including phenoxy) is 1. The van der Waals surface area contributed by atoms with Crippen LogP contribution >= 0.6 is 0 Å². The molecule has 1 aromatic heterocycles. The van der Waals surface area contributed by atoms with Crippen molar-refractivity contribution in [2.75, 3.05) is 46.9 Å². The molecular formula is C26H38FN3O4. The van der Waals surface area contributed by atoms with Crippen LogP contribution in [0.4, 0.5) is 4.39 Å². The number of carbonyl (C=O) groups is 1. The number of aromatic nitrogens is 1. The van der Waals surface area contributed by atoms with Gasteiger partial charge in [0, 0.05) is 50.8 Å². The van der Waals surface area contributed by atoms with Gasteiger partial charge in [-0.15, -0.1) is 0 Å². The van der Waals surface area contributed by atoms with E-state index in [0.717, 1.165) is 51.7 Å². The number of rotatable bonds is 8. The molecule has 8 heteroatoms. The average Bonchev–Trinajstić information content (AvgIpc) is 2.89. The van der Waals surface area contributed by atoms with Crippen LogP contribution in [0.25, 0.3) is 10.9 Å². The van der Waals surface area contributed by atoms with E-state index in [9.17, 15) is 14.3 Å². The van der Waals surface area contributed by atoms with Crippen LogP contribution < -0.4 is 4.74 Å². The second-order valence-corrected chi connectivity index (χ2v) is 9.21. The zero-order valence-corrected chi connectivity index (χ0v) is 20.3. The number of methoxy groups -OCH3 is 1. The first kappa shape index (κ1) is 26.5. The molecule has 2 heterocycles. The molecule has 2 atom stereocenters. The van der Waals surface area contributed by atoms with Crippen LogP contribution in [0, 0.1) is 11.7 Å². The molecular weight excluding hydrogens is 437 g/mol. The Hall–Kier alpha value is -2.13. The summed E-state index contributed by atoms with van der Waals surface area (Å²) in [4.78, 5) is 20.5. The Morgan fingerprint density at radius 1 is 1.24 bits per heavy atom. The second-order valence-electron chi connectivity index (χ2n) is 9.21. The summed E-state index contributed by atoms with van der Waals surface area (Å²) in [5.74, 6) is 0.820. The topological polar surface area (TPSA) is 86.1 Å². The minimum absolute atomic E-state index is 0.182. The number of aliphatic hydroxyl groups is 2. The molecule has 7 nitrogen and oxygen atoms in total. The van der Waals surface area contributed by atoms with E-state index in [-0.39, 0.29) is 11.6 Å². The zero-order chi connectivity index (χ0) is 24.5. The van der Waals surface area contributed by atoms with Crippen molar-refractivity contribution in [3.63, 3.8) is 0 Å². The van der Waals surface area contributed by atoms with Gasteiger partial charge in [0.15, 0.2) is 0 Å². The van der Waals surface area contributed by atoms with Crippen LogP contribution in [0.3, 0.4) is 0 Å². The van der Waals surface area contributed by atoms with Crippen molar-refractivity contribution in [3.05, 3.63) is 35.8 Å². The van der Waals surface area contributed by atoms with Crippen molar-refractivity contribution in [2.45, 2.75) is 50.7 Å². The third-order valence-corrected chi connectivity index (χ3v) is 7.11. The number of nitrogens with zero attached hydrogens (tertiary/aromatic N) is 3. The van der Waals surface area contributed by atoms with Gasteiger partial charge in [0.1, 0.15) is 17.9 Å². The van der Waals surface area contributed by atoms with Gasteiger partial charge in [-0.05, 0) is 43.4 Å². The molecule has 1 aliphatic carbocycles. The van der Waals surface area contributed by atoms with Crippen LogP contribution in [-0.4, -0.2) is 84.3 Å². The number of halogens is 1. The Morgan fingerprint density at radius 2 is 2.00 bits per heavy atom. The maximum absolute atomic E-state index is 14.6.